The number of hydrogen-bond acceptors (Lipinski definition) is 5. The Kier molecular flexibility index (Phi) is 6.02. The van der Waals surface area contributed by atoms with Crippen LogP contribution in [0.25, 0.3) is 16.7 Å². The van der Waals surface area contributed by atoms with Crippen LogP contribution in [0.2, 0.25) is 5.02 Å². The van der Waals surface area contributed by atoms with Crippen molar-refractivity contribution in [1.82, 2.24) is 19.2 Å². The summed E-state index contributed by atoms with van der Waals surface area (Å²) in [7, 11) is 0. The predicted molar refractivity (Wildman–Crippen MR) is 125 cm³/mol. The molecule has 0 fully saturated rings. The van der Waals surface area contributed by atoms with Crippen molar-refractivity contribution in [3.05, 3.63) is 63.4 Å². The molecular formula is C22H22ClN5O2S. The average molecular weight is 456 g/mol. The molecule has 2 aromatic heterocycles. The van der Waals surface area contributed by atoms with Gasteiger partial charge in [-0.25, -0.2) is 0 Å². The lowest BCUT2D eigenvalue weighted by Crippen LogP contribution is -2.25. The molecule has 9 heteroatoms. The maximum Gasteiger partial charge on any atom is 0.262 e. The minimum absolute atomic E-state index is 0.131. The maximum absolute atomic E-state index is 13.1. The van der Waals surface area contributed by atoms with E-state index in [0.29, 0.717) is 33.4 Å². The summed E-state index contributed by atoms with van der Waals surface area (Å²) in [6.07, 6.45) is 0. The van der Waals surface area contributed by atoms with Crippen LogP contribution in [0.1, 0.15) is 19.4 Å². The molecular weight excluding hydrogens is 434 g/mol. The van der Waals surface area contributed by atoms with E-state index < -0.39 is 0 Å². The summed E-state index contributed by atoms with van der Waals surface area (Å²) in [4.78, 5) is 25.5. The highest BCUT2D eigenvalue weighted by Crippen LogP contribution is 2.24. The number of carbonyl (C=O) groups excluding carboxylic acids is 1. The van der Waals surface area contributed by atoms with Gasteiger partial charge in [-0.3, -0.25) is 18.6 Å². The van der Waals surface area contributed by atoms with E-state index in [2.05, 4.69) is 15.5 Å². The molecule has 0 bridgehead atoms. The Labute approximate surface area is 188 Å². The topological polar surface area (TPSA) is 81.3 Å². The molecule has 1 N–H and O–H groups in total. The number of halogens is 1. The number of rotatable bonds is 6. The van der Waals surface area contributed by atoms with Gasteiger partial charge in [0.05, 0.1) is 16.7 Å². The largest absolute Gasteiger partial charge is 0.325 e. The Hall–Kier alpha value is -2.84. The summed E-state index contributed by atoms with van der Waals surface area (Å²) in [5.74, 6) is 0.694. The molecule has 0 atom stereocenters. The van der Waals surface area contributed by atoms with E-state index in [9.17, 15) is 9.59 Å². The third kappa shape index (κ3) is 4.45. The van der Waals surface area contributed by atoms with Crippen LogP contribution in [-0.2, 0) is 11.3 Å². The molecule has 2 heterocycles. The van der Waals surface area contributed by atoms with E-state index in [0.717, 1.165) is 11.3 Å². The molecule has 31 heavy (non-hydrogen) atoms. The van der Waals surface area contributed by atoms with Gasteiger partial charge in [-0.05, 0) is 48.7 Å². The average Bonchev–Trinajstić information content (AvgIpc) is 3.13. The zero-order chi connectivity index (χ0) is 22.1. The van der Waals surface area contributed by atoms with Gasteiger partial charge in [0.15, 0.2) is 5.16 Å². The van der Waals surface area contributed by atoms with Crippen LogP contribution in [0, 0.1) is 12.8 Å². The third-order valence-electron chi connectivity index (χ3n) is 4.72. The second kappa shape index (κ2) is 8.72. The molecule has 0 saturated heterocycles. The second-order valence-corrected chi connectivity index (χ2v) is 9.17. The predicted octanol–water partition coefficient (Wildman–Crippen LogP) is 4.39. The number of aromatic nitrogens is 4. The van der Waals surface area contributed by atoms with Crippen LogP contribution >= 0.6 is 23.4 Å². The molecule has 0 saturated carbocycles. The summed E-state index contributed by atoms with van der Waals surface area (Å²) in [6, 6.07) is 12.8. The van der Waals surface area contributed by atoms with Gasteiger partial charge in [-0.2, -0.15) is 0 Å². The van der Waals surface area contributed by atoms with Gasteiger partial charge >= 0.3 is 0 Å². The highest BCUT2D eigenvalue weighted by atomic mass is 35.5. The lowest BCUT2D eigenvalue weighted by atomic mass is 10.2. The molecule has 0 spiro atoms. The van der Waals surface area contributed by atoms with Crippen molar-refractivity contribution in [1.29, 1.82) is 0 Å². The number of fused-ring (bicyclic) bond motifs is 3. The first kappa shape index (κ1) is 21.4. The summed E-state index contributed by atoms with van der Waals surface area (Å²) in [6.45, 7) is 6.56. The zero-order valence-electron chi connectivity index (χ0n) is 17.4. The summed E-state index contributed by atoms with van der Waals surface area (Å²) in [5, 5.41) is 13.0. The van der Waals surface area contributed by atoms with E-state index in [1.807, 2.05) is 45.0 Å². The van der Waals surface area contributed by atoms with E-state index in [1.54, 1.807) is 27.2 Å². The molecule has 2 aromatic carbocycles. The van der Waals surface area contributed by atoms with Crippen molar-refractivity contribution >= 4 is 51.6 Å². The molecule has 7 nitrogen and oxygen atoms in total. The molecule has 1 amide bonds. The van der Waals surface area contributed by atoms with Gasteiger partial charge in [0.25, 0.3) is 5.56 Å². The lowest BCUT2D eigenvalue weighted by Gasteiger charge is -2.13. The fourth-order valence-electron chi connectivity index (χ4n) is 3.43. The van der Waals surface area contributed by atoms with Crippen molar-refractivity contribution in [2.75, 3.05) is 11.1 Å². The fraction of sp³-hybridized carbons (Fsp3) is 0.273. The van der Waals surface area contributed by atoms with Crippen molar-refractivity contribution in [3.63, 3.8) is 0 Å². The number of anilines is 1. The molecule has 160 valence electrons. The van der Waals surface area contributed by atoms with Crippen LogP contribution < -0.4 is 10.9 Å². The highest BCUT2D eigenvalue weighted by molar-refractivity contribution is 7.99. The molecule has 4 aromatic rings. The lowest BCUT2D eigenvalue weighted by molar-refractivity contribution is -0.113. The first-order chi connectivity index (χ1) is 14.8. The number of carbonyl (C=O) groups is 1. The first-order valence-corrected chi connectivity index (χ1v) is 11.3. The van der Waals surface area contributed by atoms with Crippen molar-refractivity contribution in [3.8, 4) is 0 Å². The standard InChI is InChI=1S/C22H22ClN5O2S/c1-13(2)11-27-20(30)17-8-7-15(23)10-18(17)28-21(27)25-26-22(28)31-12-19(29)24-16-6-4-5-14(3)9-16/h4-10,13H,11-12H2,1-3H3,(H,24,29). The first-order valence-electron chi connectivity index (χ1n) is 9.90. The number of amides is 1. The SMILES string of the molecule is Cc1cccc(NC(=O)CSc2nnc3n(CC(C)C)c(=O)c4ccc(Cl)cc4n23)c1. The Balaban J connectivity index is 1.71. The van der Waals surface area contributed by atoms with Gasteiger partial charge < -0.3 is 5.32 Å². The summed E-state index contributed by atoms with van der Waals surface area (Å²) >= 11 is 7.47. The highest BCUT2D eigenvalue weighted by Gasteiger charge is 2.18. The summed E-state index contributed by atoms with van der Waals surface area (Å²) in [5.41, 5.74) is 2.31. The minimum atomic E-state index is -0.148. The van der Waals surface area contributed by atoms with E-state index in [-0.39, 0.29) is 23.1 Å². The molecule has 0 radical (unpaired) electrons. The Morgan fingerprint density at radius 3 is 2.74 bits per heavy atom. The van der Waals surface area contributed by atoms with Crippen LogP contribution in [0.4, 0.5) is 5.69 Å². The number of hydrogen-bond donors (Lipinski definition) is 1. The Morgan fingerprint density at radius 1 is 1.19 bits per heavy atom. The number of benzene rings is 2. The smallest absolute Gasteiger partial charge is 0.262 e. The molecule has 0 aliphatic rings. The van der Waals surface area contributed by atoms with Crippen molar-refractivity contribution in [2.24, 2.45) is 5.92 Å². The second-order valence-electron chi connectivity index (χ2n) is 7.80. The minimum Gasteiger partial charge on any atom is -0.325 e. The van der Waals surface area contributed by atoms with Crippen molar-refractivity contribution in [2.45, 2.75) is 32.5 Å². The fourth-order valence-corrected chi connectivity index (χ4v) is 4.33. The maximum atomic E-state index is 13.1. The number of nitrogens with one attached hydrogen (secondary N) is 1. The molecule has 0 unspecified atom stereocenters. The van der Waals surface area contributed by atoms with Gasteiger partial charge in [-0.15, -0.1) is 10.2 Å². The normalized spacial score (nSPS) is 11.5. The quantitative estimate of drug-likeness (QED) is 0.436. The number of aryl methyl sites for hydroxylation is 1. The zero-order valence-corrected chi connectivity index (χ0v) is 19.0. The molecule has 0 aliphatic heterocycles. The Bertz CT molecular complexity index is 1350. The number of thioether (sulfide) groups is 1. The van der Waals surface area contributed by atoms with Crippen LogP contribution in [0.5, 0.6) is 0 Å². The Morgan fingerprint density at radius 2 is 2.00 bits per heavy atom. The molecule has 4 rings (SSSR count). The number of nitrogens with zero attached hydrogens (tertiary/aromatic N) is 4. The van der Waals surface area contributed by atoms with Crippen LogP contribution in [0.3, 0.4) is 0 Å². The van der Waals surface area contributed by atoms with Gasteiger partial charge in [-0.1, -0.05) is 49.3 Å². The van der Waals surface area contributed by atoms with E-state index in [4.69, 9.17) is 11.6 Å². The van der Waals surface area contributed by atoms with Gasteiger partial charge in [0.1, 0.15) is 0 Å². The third-order valence-corrected chi connectivity index (χ3v) is 5.88. The monoisotopic (exact) mass is 455 g/mol. The van der Waals surface area contributed by atoms with Crippen LogP contribution in [0.15, 0.2) is 52.4 Å². The van der Waals surface area contributed by atoms with Gasteiger partial charge in [0.2, 0.25) is 11.7 Å². The molecule has 0 aliphatic carbocycles. The van der Waals surface area contributed by atoms with Crippen LogP contribution in [-0.4, -0.2) is 30.8 Å². The summed E-state index contributed by atoms with van der Waals surface area (Å²) < 4.78 is 3.43. The van der Waals surface area contributed by atoms with Crippen molar-refractivity contribution < 1.29 is 4.79 Å². The van der Waals surface area contributed by atoms with E-state index >= 15 is 0 Å². The van der Waals surface area contributed by atoms with Gasteiger partial charge in [0, 0.05) is 17.3 Å². The van der Waals surface area contributed by atoms with E-state index in [1.165, 1.54) is 11.8 Å².